The third-order valence-electron chi connectivity index (χ3n) is 2.47. The Balaban J connectivity index is 4.28. The van der Waals surface area contributed by atoms with Gasteiger partial charge in [0, 0.05) is 13.2 Å². The van der Waals surface area contributed by atoms with E-state index in [0.717, 1.165) is 12.8 Å². The van der Waals surface area contributed by atoms with Crippen molar-refractivity contribution in [3.05, 3.63) is 0 Å². The second-order valence-electron chi connectivity index (χ2n) is 4.02. The van der Waals surface area contributed by atoms with E-state index in [1.165, 1.54) is 0 Å². The fourth-order valence-corrected chi connectivity index (χ4v) is 1.60. The van der Waals surface area contributed by atoms with E-state index in [9.17, 15) is 4.79 Å². The Labute approximate surface area is 97.9 Å². The molecule has 4 nitrogen and oxygen atoms in total. The quantitative estimate of drug-likeness (QED) is 0.663. The number of carboxylic acid groups (broad SMARTS) is 1. The van der Waals surface area contributed by atoms with E-state index in [1.807, 2.05) is 13.8 Å². The average Bonchev–Trinajstić information content (AvgIpc) is 2.23. The van der Waals surface area contributed by atoms with Crippen LogP contribution in [0.15, 0.2) is 0 Å². The first kappa shape index (κ1) is 15.4. The summed E-state index contributed by atoms with van der Waals surface area (Å²) in [6, 6.07) is 0. The Bertz CT molecular complexity index is 179. The minimum absolute atomic E-state index is 0.315. The van der Waals surface area contributed by atoms with E-state index in [4.69, 9.17) is 14.6 Å². The first-order chi connectivity index (χ1) is 7.54. The van der Waals surface area contributed by atoms with E-state index < -0.39 is 11.9 Å². The number of ether oxygens (including phenoxy) is 2. The summed E-state index contributed by atoms with van der Waals surface area (Å²) in [4.78, 5) is 11.1. The normalized spacial score (nSPS) is 16.8. The van der Waals surface area contributed by atoms with Crippen molar-refractivity contribution >= 4 is 5.97 Å². The summed E-state index contributed by atoms with van der Waals surface area (Å²) >= 11 is 0. The molecule has 4 heteroatoms. The first-order valence-electron chi connectivity index (χ1n) is 6.00. The lowest BCUT2D eigenvalue weighted by Gasteiger charge is -2.26. The Morgan fingerprint density at radius 2 is 1.44 bits per heavy atom. The molecular formula is C12H24O4. The van der Waals surface area contributed by atoms with Crippen molar-refractivity contribution in [3.8, 4) is 0 Å². The molecule has 0 spiro atoms. The van der Waals surface area contributed by atoms with E-state index in [-0.39, 0.29) is 12.2 Å². The maximum atomic E-state index is 11.1. The van der Waals surface area contributed by atoms with Gasteiger partial charge in [-0.05, 0) is 26.7 Å². The van der Waals surface area contributed by atoms with Crippen LogP contribution >= 0.6 is 0 Å². The summed E-state index contributed by atoms with van der Waals surface area (Å²) < 4.78 is 10.9. The fraction of sp³-hybridized carbons (Fsp3) is 0.917. The van der Waals surface area contributed by atoms with Gasteiger partial charge >= 0.3 is 5.97 Å². The maximum absolute atomic E-state index is 11.1. The number of carbonyl (C=O) groups is 1. The van der Waals surface area contributed by atoms with Gasteiger partial charge in [-0.25, -0.2) is 0 Å². The molecule has 0 radical (unpaired) electrons. The average molecular weight is 232 g/mol. The Hall–Kier alpha value is -0.610. The highest BCUT2D eigenvalue weighted by Gasteiger charge is 2.31. The molecule has 0 aliphatic heterocycles. The van der Waals surface area contributed by atoms with Crippen molar-refractivity contribution in [1.29, 1.82) is 0 Å². The Morgan fingerprint density at radius 1 is 1.06 bits per heavy atom. The van der Waals surface area contributed by atoms with E-state index in [0.29, 0.717) is 13.2 Å². The summed E-state index contributed by atoms with van der Waals surface area (Å²) in [5.74, 6) is -1.45. The van der Waals surface area contributed by atoms with E-state index in [1.54, 1.807) is 13.8 Å². The van der Waals surface area contributed by atoms with Crippen molar-refractivity contribution in [3.63, 3.8) is 0 Å². The van der Waals surface area contributed by atoms with Crippen LogP contribution in [0.1, 0.15) is 40.5 Å². The van der Waals surface area contributed by atoms with Crippen molar-refractivity contribution in [2.24, 2.45) is 5.92 Å². The van der Waals surface area contributed by atoms with E-state index in [2.05, 4.69) is 0 Å². The van der Waals surface area contributed by atoms with Crippen molar-refractivity contribution < 1.29 is 19.4 Å². The Morgan fingerprint density at radius 3 is 1.69 bits per heavy atom. The lowest BCUT2D eigenvalue weighted by Crippen LogP contribution is -2.38. The molecule has 0 heterocycles. The summed E-state index contributed by atoms with van der Waals surface area (Å²) in [5, 5.41) is 9.15. The molecule has 0 bridgehead atoms. The zero-order chi connectivity index (χ0) is 12.6. The molecule has 0 aliphatic carbocycles. The molecule has 2 atom stereocenters. The van der Waals surface area contributed by atoms with Crippen LogP contribution < -0.4 is 0 Å². The highest BCUT2D eigenvalue weighted by Crippen LogP contribution is 2.16. The van der Waals surface area contributed by atoms with Gasteiger partial charge in [0.05, 0.1) is 12.2 Å². The number of carboxylic acids is 1. The minimum Gasteiger partial charge on any atom is -0.481 e. The molecule has 0 saturated carbocycles. The number of aliphatic carboxylic acids is 1. The van der Waals surface area contributed by atoms with Crippen LogP contribution in [0.4, 0.5) is 0 Å². The summed E-state index contributed by atoms with van der Waals surface area (Å²) in [5.41, 5.74) is 0. The zero-order valence-electron chi connectivity index (χ0n) is 10.7. The smallest absolute Gasteiger partial charge is 0.311 e. The van der Waals surface area contributed by atoms with Gasteiger partial charge in [-0.1, -0.05) is 13.8 Å². The van der Waals surface area contributed by atoms with Gasteiger partial charge in [-0.3, -0.25) is 4.79 Å². The first-order valence-corrected chi connectivity index (χ1v) is 6.00. The minimum atomic E-state index is -0.854. The monoisotopic (exact) mass is 232 g/mol. The molecule has 0 aliphatic rings. The van der Waals surface area contributed by atoms with E-state index >= 15 is 0 Å². The lowest BCUT2D eigenvalue weighted by atomic mass is 9.98. The second-order valence-corrected chi connectivity index (χ2v) is 4.02. The molecule has 0 aromatic heterocycles. The summed E-state index contributed by atoms with van der Waals surface area (Å²) in [6.45, 7) is 8.76. The van der Waals surface area contributed by atoms with Crippen molar-refractivity contribution in [1.82, 2.24) is 0 Å². The molecule has 0 saturated heterocycles. The molecule has 96 valence electrons. The SMILES string of the molecule is CCCOC(C)C(C(=O)O)C(C)OCCC. The molecule has 2 unspecified atom stereocenters. The summed E-state index contributed by atoms with van der Waals surface area (Å²) in [7, 11) is 0. The molecule has 16 heavy (non-hydrogen) atoms. The third kappa shape index (κ3) is 5.47. The molecule has 0 fully saturated rings. The second kappa shape index (κ2) is 8.53. The van der Waals surface area contributed by atoms with Gasteiger partial charge in [-0.15, -0.1) is 0 Å². The Kier molecular flexibility index (Phi) is 8.21. The third-order valence-corrected chi connectivity index (χ3v) is 2.47. The molecule has 0 aromatic rings. The zero-order valence-corrected chi connectivity index (χ0v) is 10.7. The van der Waals surface area contributed by atoms with Crippen molar-refractivity contribution in [2.45, 2.75) is 52.7 Å². The van der Waals surface area contributed by atoms with Gasteiger partial charge in [-0.2, -0.15) is 0 Å². The van der Waals surface area contributed by atoms with Crippen molar-refractivity contribution in [2.75, 3.05) is 13.2 Å². The number of rotatable bonds is 9. The largest absolute Gasteiger partial charge is 0.481 e. The van der Waals surface area contributed by atoms with Crippen LogP contribution in [0, 0.1) is 5.92 Å². The van der Waals surface area contributed by atoms with Gasteiger partial charge in [0.15, 0.2) is 0 Å². The predicted molar refractivity (Wildman–Crippen MR) is 62.5 cm³/mol. The van der Waals surface area contributed by atoms with Crippen LogP contribution in [0.5, 0.6) is 0 Å². The van der Waals surface area contributed by atoms with Crippen LogP contribution in [0.3, 0.4) is 0 Å². The molecule has 0 aromatic carbocycles. The number of hydrogen-bond donors (Lipinski definition) is 1. The highest BCUT2D eigenvalue weighted by molar-refractivity contribution is 5.71. The number of hydrogen-bond acceptors (Lipinski definition) is 3. The van der Waals surface area contributed by atoms with Gasteiger partial charge < -0.3 is 14.6 Å². The fourth-order valence-electron chi connectivity index (χ4n) is 1.60. The standard InChI is InChI=1S/C12H24O4/c1-5-7-15-9(3)11(12(13)14)10(4)16-8-6-2/h9-11H,5-8H2,1-4H3,(H,13,14). The van der Waals surface area contributed by atoms with Crippen LogP contribution in [0.2, 0.25) is 0 Å². The summed E-state index contributed by atoms with van der Waals surface area (Å²) in [6.07, 6.45) is 1.15. The van der Waals surface area contributed by atoms with Gasteiger partial charge in [0.1, 0.15) is 5.92 Å². The predicted octanol–water partition coefficient (Wildman–Crippen LogP) is 2.32. The van der Waals surface area contributed by atoms with Gasteiger partial charge in [0.2, 0.25) is 0 Å². The van der Waals surface area contributed by atoms with Crippen LogP contribution in [0.25, 0.3) is 0 Å². The van der Waals surface area contributed by atoms with Crippen LogP contribution in [-0.2, 0) is 14.3 Å². The molecule has 0 amide bonds. The van der Waals surface area contributed by atoms with Gasteiger partial charge in [0.25, 0.3) is 0 Å². The topological polar surface area (TPSA) is 55.8 Å². The molecule has 1 N–H and O–H groups in total. The van der Waals surface area contributed by atoms with Crippen LogP contribution in [-0.4, -0.2) is 36.5 Å². The maximum Gasteiger partial charge on any atom is 0.311 e. The molecular weight excluding hydrogens is 208 g/mol. The highest BCUT2D eigenvalue weighted by atomic mass is 16.5. The lowest BCUT2D eigenvalue weighted by molar-refractivity contribution is -0.155. The molecule has 0 rings (SSSR count).